The summed E-state index contributed by atoms with van der Waals surface area (Å²) in [7, 11) is -4.52. The van der Waals surface area contributed by atoms with E-state index in [1.807, 2.05) is 48.5 Å². The van der Waals surface area contributed by atoms with Crippen LogP contribution in [0.1, 0.15) is 91.5 Å². The Morgan fingerprint density at radius 2 is 0.771 bits per heavy atom. The van der Waals surface area contributed by atoms with E-state index < -0.39 is 129 Å². The van der Waals surface area contributed by atoms with E-state index in [1.165, 1.54) is 7.05 Å². The number of fused-ring (bicyclic) bond motifs is 1. The molecule has 2 rings (SSSR count). The van der Waals surface area contributed by atoms with Crippen molar-refractivity contribution in [3.8, 4) is 0 Å². The van der Waals surface area contributed by atoms with Crippen LogP contribution >= 0.6 is 499 Å². The fraction of sp³-hybridized carbons (Fsp3) is 0.750. The number of aliphatic hydroxyl groups excluding tert-OH is 1. The van der Waals surface area contributed by atoms with Gasteiger partial charge in [0.1, 0.15) is 0 Å². The summed E-state index contributed by atoms with van der Waals surface area (Å²) < 4.78 is 39.8. The molecule has 1 aliphatic heterocycles. The molecule has 2 amide bonds. The predicted molar refractivity (Wildman–Crippen MR) is 692 cm³/mol. The van der Waals surface area contributed by atoms with Crippen LogP contribution in [0, 0.1) is 17.8 Å². The number of hydrogen-bond donors (Lipinski definition) is 2. The van der Waals surface area contributed by atoms with Crippen molar-refractivity contribution in [2.75, 3.05) is 74.3 Å². The van der Waals surface area contributed by atoms with Gasteiger partial charge in [0.25, 0.3) is 21.9 Å². The molecule has 51 heteroatoms. The normalized spacial score (nSPS) is 14.9. The van der Waals surface area contributed by atoms with E-state index in [-0.39, 0.29) is 67.0 Å². The molecule has 0 fully saturated rings. The average molecular weight is 5500 g/mol. The Hall–Kier alpha value is 25.8. The zero-order chi connectivity index (χ0) is 64.4. The fourth-order valence-corrected chi connectivity index (χ4v) is 6080. The first-order valence-corrected chi connectivity index (χ1v) is 247. The molecule has 12 nitrogen and oxygen atoms in total. The first-order valence-electron chi connectivity index (χ1n) is 19.1. The first-order chi connectivity index (χ1) is 37.1. The van der Waals surface area contributed by atoms with Crippen molar-refractivity contribution < 1.29 is 72.9 Å². The molecule has 0 saturated carbocycles. The van der Waals surface area contributed by atoms with Crippen molar-refractivity contribution in [1.29, 1.82) is 0 Å². The maximum absolute atomic E-state index is 11.3. The summed E-state index contributed by atoms with van der Waals surface area (Å²) in [6.07, 6.45) is 1.03. The zero-order valence-electron chi connectivity index (χ0n) is 42.2. The molecule has 0 aliphatic carbocycles. The molecule has 542 valence electrons. The van der Waals surface area contributed by atoms with Crippen LogP contribution in [0.2, 0.25) is 0 Å². The molecule has 1 heterocycles. The van der Waals surface area contributed by atoms with Crippen LogP contribution in [0.3, 0.4) is 0 Å². The van der Waals surface area contributed by atoms with Gasteiger partial charge in [-0.1, -0.05) is 82.9 Å². The van der Waals surface area contributed by atoms with Gasteiger partial charge < -0.3 is 24.2 Å². The molecule has 3 N–H and O–H groups in total. The van der Waals surface area contributed by atoms with Gasteiger partial charge in [0.05, 0.1) is 50.4 Å². The Bertz CT molecular complexity index is 1730. The molecule has 1 aromatic carbocycles. The molecule has 83 heavy (non-hydrogen) atoms. The monoisotopic (exact) mass is 5500 g/mol. The third-order valence-corrected chi connectivity index (χ3v) is 2570. The summed E-state index contributed by atoms with van der Waals surface area (Å²) in [5, 5.41) is 8.39. The van der Waals surface area contributed by atoms with Crippen LogP contribution in [0.5, 0.6) is 0 Å². The number of nitrogens with two attached hydrogens (primary N) is 1. The van der Waals surface area contributed by atoms with Gasteiger partial charge in [0.2, 0.25) is 0 Å². The molecule has 3 atom stereocenters. The number of ether oxygens (including phenoxy) is 3. The Balaban J connectivity index is -0.000000132. The Labute approximate surface area is 770 Å². The minimum atomic E-state index is -3.29. The molecule has 0 aromatic heterocycles. The number of benzene rings is 1. The number of nitrogens with zero attached hydrogens (tertiary/aromatic N) is 1. The van der Waals surface area contributed by atoms with Crippen LogP contribution in [-0.2, 0) is 33.3 Å². The Morgan fingerprint density at radius 3 is 0.988 bits per heavy atom. The predicted octanol–water partition coefficient (Wildman–Crippen LogP) is 31.4. The first kappa shape index (κ1) is 127. The SMILES string of the molecule is C.C.C.CC.CC.CN1C(=O)c2ccccc2C1=O.COCC(C)CO.COCC(C)CON.COCC(C)COS(C)(=O)=O.I[I-]I.I[I-]I(I)I(I)I(I)I(I)I(I)I(I)I(I)I(I)I(I)I(I)I(I)I(I)I(I)I(I)I(I)I(I)I. The van der Waals surface area contributed by atoms with Gasteiger partial charge in [-0.3, -0.25) is 18.7 Å². The summed E-state index contributed by atoms with van der Waals surface area (Å²) in [5.74, 6) is 5.16. The third kappa shape index (κ3) is 66.4. The van der Waals surface area contributed by atoms with Crippen molar-refractivity contribution in [3.05, 3.63) is 35.4 Å². The van der Waals surface area contributed by atoms with Gasteiger partial charge in [-0.25, -0.2) is 5.90 Å². The van der Waals surface area contributed by atoms with Gasteiger partial charge in [0.15, 0.2) is 0 Å². The molecule has 0 spiro atoms. The quantitative estimate of drug-likeness (QED) is 0.0355. The van der Waals surface area contributed by atoms with Crippen molar-refractivity contribution in [1.82, 2.24) is 4.90 Å². The zero-order valence-corrected chi connectivity index (χ0v) is 125. The number of carbonyl (C=O) groups is 2. The number of amides is 2. The second kappa shape index (κ2) is 84.2. The Morgan fingerprint density at radius 1 is 0.518 bits per heavy atom. The fourth-order valence-electron chi connectivity index (χ4n) is 3.16. The van der Waals surface area contributed by atoms with Crippen molar-refractivity contribution in [2.24, 2.45) is 23.7 Å². The number of carbonyl (C=O) groups excluding carboxylic acids is 2. The van der Waals surface area contributed by atoms with E-state index in [2.05, 4.69) is 381 Å². The maximum atomic E-state index is 11.3. The van der Waals surface area contributed by atoms with E-state index in [9.17, 15) is 18.0 Å². The minimum absolute atomic E-state index is 0. The number of halogens is 38. The van der Waals surface area contributed by atoms with Crippen molar-refractivity contribution in [2.45, 2.75) is 70.7 Å². The van der Waals surface area contributed by atoms with Crippen LogP contribution in [0.25, 0.3) is 0 Å². The molecular formula is C32H70I38N2O10S-2. The van der Waals surface area contributed by atoms with Gasteiger partial charge in [-0.2, -0.15) is 8.42 Å². The second-order valence-electron chi connectivity index (χ2n) is 11.6. The standard InChI is InChI=1S/C9H7NO2.C6H14O4S.C5H13NO2.C5H12O2.2C2H6.3CH4.I35.I3/c1-10-8(11)6-4-2-3-5-7(6)9(10)12;1-6(4-9-2)5-10-11(3,7)8;1-5(3-7-2)4-8-6;1-5(3-6)4-7-2;2*1-2;;;;1-19-21(4)23(6)25(8)27(10)29(12)31(14)33(16)35(18)34(17)32(15)30(13)28(11)26(9)24(7)22(5)20(2)3;1-3-2/h2-5H,1H3;6H,4-5H2,1-3H3;5H,3-4,6H2,1-2H3;5-6H,3-4H2,1-2H3;2*1-2H3;3*1H4;;/q;;;;;;;;;2*-1. The topological polar surface area (TPSA) is 164 Å². The van der Waals surface area contributed by atoms with Crippen LogP contribution in [0.4, 0.5) is 0 Å². The van der Waals surface area contributed by atoms with Gasteiger partial charge in [0, 0.05) is 52.7 Å². The Kier molecular flexibility index (Phi) is 129. The number of aliphatic hydroxyl groups is 1. The number of imide groups is 1. The van der Waals surface area contributed by atoms with E-state index in [4.69, 9.17) is 25.2 Å². The molecular weight excluding hydrogens is 5430 g/mol. The van der Waals surface area contributed by atoms with Crippen molar-refractivity contribution >= 4 is 521 Å². The average Bonchev–Trinajstić information content (AvgIpc) is 3.66. The van der Waals surface area contributed by atoms with E-state index in [0.29, 0.717) is 70.0 Å². The molecule has 0 bridgehead atoms. The van der Waals surface area contributed by atoms with Crippen LogP contribution in [-0.4, -0.2) is 105 Å². The summed E-state index contributed by atoms with van der Waals surface area (Å²) >= 11 is 63.4. The molecule has 3 unspecified atom stereocenters. The molecule has 1 aromatic rings. The van der Waals surface area contributed by atoms with Crippen LogP contribution < -0.4 is 32.4 Å². The summed E-state index contributed by atoms with van der Waals surface area (Å²) in [5.41, 5.74) is 1.01. The number of hydrogen-bond acceptors (Lipinski definition) is 11. The van der Waals surface area contributed by atoms with E-state index >= 15 is 0 Å². The van der Waals surface area contributed by atoms with Gasteiger partial charge in [-0.15, -0.1) is 0 Å². The molecule has 0 saturated heterocycles. The number of rotatable bonds is 28. The third-order valence-electron chi connectivity index (χ3n) is 5.88. The van der Waals surface area contributed by atoms with Gasteiger partial charge >= 0.3 is 525 Å². The summed E-state index contributed by atoms with van der Waals surface area (Å²) in [6.45, 7) is 16.6. The van der Waals surface area contributed by atoms with E-state index in [1.54, 1.807) is 45.6 Å². The summed E-state index contributed by atoms with van der Waals surface area (Å²) in [6, 6.07) is 6.84. The van der Waals surface area contributed by atoms with Crippen molar-refractivity contribution in [3.63, 3.8) is 0 Å². The number of methoxy groups -OCH3 is 3. The van der Waals surface area contributed by atoms with E-state index in [0.717, 1.165) is 11.2 Å². The van der Waals surface area contributed by atoms with Crippen LogP contribution in [0.15, 0.2) is 24.3 Å². The summed E-state index contributed by atoms with van der Waals surface area (Å²) in [4.78, 5) is 28.1. The van der Waals surface area contributed by atoms with Gasteiger partial charge in [-0.05, 0) is 12.1 Å². The molecule has 1 aliphatic rings. The molecule has 0 radical (unpaired) electrons. The second-order valence-corrected chi connectivity index (χ2v) is 826.